The van der Waals surface area contributed by atoms with E-state index in [1.54, 1.807) is 24.4 Å². The summed E-state index contributed by atoms with van der Waals surface area (Å²) >= 11 is 0. The number of carbonyl (C=O) groups is 1. The van der Waals surface area contributed by atoms with E-state index in [0.717, 1.165) is 34.4 Å². The van der Waals surface area contributed by atoms with Crippen molar-refractivity contribution in [2.75, 3.05) is 20.2 Å². The van der Waals surface area contributed by atoms with E-state index in [1.807, 2.05) is 39.0 Å². The Kier molecular flexibility index (Phi) is 6.56. The van der Waals surface area contributed by atoms with Gasteiger partial charge in [-0.1, -0.05) is 24.3 Å². The molecule has 0 bridgehead atoms. The van der Waals surface area contributed by atoms with Crippen LogP contribution >= 0.6 is 0 Å². The molecule has 0 saturated carbocycles. The minimum Gasteiger partial charge on any atom is -0.457 e. The maximum atomic E-state index is 12.5. The van der Waals surface area contributed by atoms with E-state index in [0.29, 0.717) is 37.5 Å². The molecule has 3 aromatic rings. The van der Waals surface area contributed by atoms with Crippen molar-refractivity contribution >= 4 is 11.8 Å². The molecule has 1 aliphatic carbocycles. The maximum Gasteiger partial charge on any atom is 0.410 e. The number of pyridine rings is 1. The van der Waals surface area contributed by atoms with E-state index in [4.69, 9.17) is 14.0 Å². The molecular weight excluding hydrogens is 470 g/mol. The quantitative estimate of drug-likeness (QED) is 0.458. The zero-order chi connectivity index (χ0) is 26.2. The Morgan fingerprint density at radius 1 is 1.08 bits per heavy atom. The molecule has 0 radical (unpaired) electrons. The fraction of sp³-hybridized carbons (Fsp3) is 0.379. The summed E-state index contributed by atoms with van der Waals surface area (Å²) in [5.74, 6) is 1.18. The van der Waals surface area contributed by atoms with Crippen molar-refractivity contribution in [3.63, 3.8) is 0 Å². The number of likely N-dealkylation sites (tertiary alicyclic amines) is 1. The SMILES string of the molecule is CONC1=CCc2cc(-c3cc(C4(O)CCN(C(=O)OC(C)(C)C)CC4)oc3-c3ccncc3)ccc21. The van der Waals surface area contributed by atoms with Crippen LogP contribution in [0.4, 0.5) is 4.79 Å². The van der Waals surface area contributed by atoms with E-state index in [-0.39, 0.29) is 6.09 Å². The van der Waals surface area contributed by atoms with Crippen LogP contribution in [0, 0.1) is 0 Å². The first-order valence-corrected chi connectivity index (χ1v) is 12.5. The van der Waals surface area contributed by atoms with Crippen LogP contribution in [0.25, 0.3) is 28.1 Å². The third-order valence-electron chi connectivity index (χ3n) is 6.82. The monoisotopic (exact) mass is 503 g/mol. The number of ether oxygens (including phenoxy) is 1. The fourth-order valence-electron chi connectivity index (χ4n) is 4.91. The Bertz CT molecular complexity index is 1320. The minimum atomic E-state index is -1.19. The molecule has 1 amide bonds. The van der Waals surface area contributed by atoms with Gasteiger partial charge < -0.3 is 19.2 Å². The van der Waals surface area contributed by atoms with E-state index in [2.05, 4.69) is 34.7 Å². The van der Waals surface area contributed by atoms with Crippen molar-refractivity contribution in [2.24, 2.45) is 0 Å². The second-order valence-corrected chi connectivity index (χ2v) is 10.6. The number of aromatic nitrogens is 1. The predicted molar refractivity (Wildman–Crippen MR) is 140 cm³/mol. The summed E-state index contributed by atoms with van der Waals surface area (Å²) in [6.45, 7) is 6.30. The van der Waals surface area contributed by atoms with Gasteiger partial charge in [0.15, 0.2) is 0 Å². The maximum absolute atomic E-state index is 12.5. The highest BCUT2D eigenvalue weighted by Gasteiger charge is 2.40. The van der Waals surface area contributed by atoms with Crippen molar-refractivity contribution in [3.8, 4) is 22.5 Å². The van der Waals surface area contributed by atoms with Gasteiger partial charge in [-0.3, -0.25) is 15.3 Å². The van der Waals surface area contributed by atoms with Crippen molar-refractivity contribution in [1.82, 2.24) is 15.4 Å². The Morgan fingerprint density at radius 2 is 1.81 bits per heavy atom. The van der Waals surface area contributed by atoms with Gasteiger partial charge in [-0.25, -0.2) is 4.79 Å². The Labute approximate surface area is 216 Å². The van der Waals surface area contributed by atoms with Gasteiger partial charge in [-0.05, 0) is 56.5 Å². The van der Waals surface area contributed by atoms with Gasteiger partial charge in [-0.2, -0.15) is 0 Å². The number of hydroxylamine groups is 1. The summed E-state index contributed by atoms with van der Waals surface area (Å²) < 4.78 is 11.9. The van der Waals surface area contributed by atoms with Gasteiger partial charge in [-0.15, -0.1) is 0 Å². The van der Waals surface area contributed by atoms with E-state index in [1.165, 1.54) is 5.56 Å². The number of hydrogen-bond acceptors (Lipinski definition) is 7. The lowest BCUT2D eigenvalue weighted by molar-refractivity contribution is -0.0476. The number of furan rings is 1. The molecular formula is C29H33N3O5. The normalized spacial score (nSPS) is 16.8. The molecule has 37 heavy (non-hydrogen) atoms. The summed E-state index contributed by atoms with van der Waals surface area (Å²) in [6, 6.07) is 12.0. The summed E-state index contributed by atoms with van der Waals surface area (Å²) in [5.41, 5.74) is 7.22. The number of piperidine rings is 1. The molecule has 1 fully saturated rings. The van der Waals surface area contributed by atoms with Gasteiger partial charge >= 0.3 is 6.09 Å². The molecule has 5 rings (SSSR count). The third kappa shape index (κ3) is 5.12. The number of rotatable bonds is 5. The standard InChI is InChI=1S/C29H33N3O5/c1-28(2,3)37-27(33)32-15-11-29(34,12-16-32)25-18-23(26(36-25)19-9-13-30-14-10-19)21-5-7-22-20(17-21)6-8-24(22)31-35-4/h5,7-10,13-14,17-18,31,34H,6,11-12,15-16H2,1-4H3. The van der Waals surface area contributed by atoms with Crippen LogP contribution < -0.4 is 5.48 Å². The molecule has 8 heteroatoms. The molecule has 2 N–H and O–H groups in total. The molecule has 0 unspecified atom stereocenters. The summed E-state index contributed by atoms with van der Waals surface area (Å²) in [4.78, 5) is 23.4. The predicted octanol–water partition coefficient (Wildman–Crippen LogP) is 5.28. The number of amides is 1. The molecule has 194 valence electrons. The topological polar surface area (TPSA) is 97.1 Å². The Hall–Kier alpha value is -3.62. The summed E-state index contributed by atoms with van der Waals surface area (Å²) in [5, 5.41) is 11.6. The molecule has 2 aliphatic rings. The number of carbonyl (C=O) groups excluding carboxylic acids is 1. The van der Waals surface area contributed by atoms with Gasteiger partial charge in [0, 0.05) is 55.0 Å². The molecule has 2 aromatic heterocycles. The lowest BCUT2D eigenvalue weighted by atomic mass is 9.88. The molecule has 1 aromatic carbocycles. The van der Waals surface area contributed by atoms with Crippen molar-refractivity contribution in [2.45, 2.75) is 51.2 Å². The average Bonchev–Trinajstić information content (AvgIpc) is 3.49. The highest BCUT2D eigenvalue weighted by molar-refractivity contribution is 5.83. The lowest BCUT2D eigenvalue weighted by Gasteiger charge is -2.37. The number of benzene rings is 1. The van der Waals surface area contributed by atoms with Gasteiger partial charge in [0.2, 0.25) is 0 Å². The number of nitrogens with zero attached hydrogens (tertiary/aromatic N) is 2. The highest BCUT2D eigenvalue weighted by atomic mass is 16.6. The molecule has 1 saturated heterocycles. The molecule has 0 spiro atoms. The van der Waals surface area contributed by atoms with Crippen LogP contribution in [0.1, 0.15) is 50.5 Å². The first-order chi connectivity index (χ1) is 17.7. The van der Waals surface area contributed by atoms with E-state index in [9.17, 15) is 9.90 Å². The van der Waals surface area contributed by atoms with E-state index < -0.39 is 11.2 Å². The van der Waals surface area contributed by atoms with Crippen LogP contribution in [0.15, 0.2) is 59.3 Å². The van der Waals surface area contributed by atoms with Crippen LogP contribution in [-0.4, -0.2) is 46.9 Å². The second kappa shape index (κ2) is 9.68. The number of nitrogens with one attached hydrogen (secondary N) is 1. The van der Waals surface area contributed by atoms with Crippen LogP contribution in [-0.2, 0) is 21.6 Å². The van der Waals surface area contributed by atoms with Crippen LogP contribution in [0.2, 0.25) is 0 Å². The molecule has 8 nitrogen and oxygen atoms in total. The van der Waals surface area contributed by atoms with E-state index >= 15 is 0 Å². The zero-order valence-electron chi connectivity index (χ0n) is 21.7. The molecule has 0 atom stereocenters. The smallest absolute Gasteiger partial charge is 0.410 e. The summed E-state index contributed by atoms with van der Waals surface area (Å²) in [6.07, 6.45) is 6.71. The fourth-order valence-corrected chi connectivity index (χ4v) is 4.91. The number of aliphatic hydroxyl groups is 1. The highest BCUT2D eigenvalue weighted by Crippen LogP contribution is 2.43. The number of hydrogen-bond donors (Lipinski definition) is 2. The molecule has 1 aliphatic heterocycles. The van der Waals surface area contributed by atoms with Crippen molar-refractivity contribution in [3.05, 3.63) is 71.8 Å². The van der Waals surface area contributed by atoms with Gasteiger partial charge in [0.1, 0.15) is 22.7 Å². The lowest BCUT2D eigenvalue weighted by Crippen LogP contribution is -2.46. The van der Waals surface area contributed by atoms with Crippen LogP contribution in [0.3, 0.4) is 0 Å². The first-order valence-electron chi connectivity index (χ1n) is 12.5. The Balaban J connectivity index is 1.45. The third-order valence-corrected chi connectivity index (χ3v) is 6.82. The van der Waals surface area contributed by atoms with Gasteiger partial charge in [0.05, 0.1) is 12.8 Å². The van der Waals surface area contributed by atoms with Gasteiger partial charge in [0.25, 0.3) is 0 Å². The van der Waals surface area contributed by atoms with Crippen LogP contribution in [0.5, 0.6) is 0 Å². The van der Waals surface area contributed by atoms with Crippen molar-refractivity contribution < 1.29 is 23.9 Å². The largest absolute Gasteiger partial charge is 0.457 e. The number of fused-ring (bicyclic) bond motifs is 1. The first kappa shape index (κ1) is 25.0. The second-order valence-electron chi connectivity index (χ2n) is 10.6. The number of allylic oxidation sites excluding steroid dienone is 1. The van der Waals surface area contributed by atoms with Crippen molar-refractivity contribution in [1.29, 1.82) is 0 Å². The zero-order valence-corrected chi connectivity index (χ0v) is 21.7. The minimum absolute atomic E-state index is 0.356. The average molecular weight is 504 g/mol. The Morgan fingerprint density at radius 3 is 2.49 bits per heavy atom. The summed E-state index contributed by atoms with van der Waals surface area (Å²) in [7, 11) is 1.60. The molecule has 3 heterocycles.